The van der Waals surface area contributed by atoms with Gasteiger partial charge in [-0.25, -0.2) is 0 Å². The molecule has 1 rings (SSSR count). The Hall–Kier alpha value is 0.110. The van der Waals surface area contributed by atoms with Crippen LogP contribution in [0.25, 0.3) is 0 Å². The van der Waals surface area contributed by atoms with Crippen LogP contribution in [0.4, 0.5) is 0 Å². The Labute approximate surface area is 109 Å². The molecule has 1 fully saturated rings. The summed E-state index contributed by atoms with van der Waals surface area (Å²) in [6.45, 7) is 9.03. The maximum atomic E-state index is 12.3. The maximum Gasteiger partial charge on any atom is 0.0501 e. The quantitative estimate of drug-likeness (QED) is 0.843. The summed E-state index contributed by atoms with van der Waals surface area (Å²) < 4.78 is 12.3. The van der Waals surface area contributed by atoms with Crippen LogP contribution in [-0.4, -0.2) is 21.3 Å². The SMILES string of the molecule is CCCCS(=O)C1CC(C(C)(C)C)CCC1N. The van der Waals surface area contributed by atoms with E-state index >= 15 is 0 Å². The van der Waals surface area contributed by atoms with Crippen LogP contribution in [-0.2, 0) is 10.8 Å². The van der Waals surface area contributed by atoms with Crippen LogP contribution < -0.4 is 5.73 Å². The zero-order valence-corrected chi connectivity index (χ0v) is 12.7. The van der Waals surface area contributed by atoms with E-state index in [-0.39, 0.29) is 11.3 Å². The summed E-state index contributed by atoms with van der Waals surface area (Å²) in [5.41, 5.74) is 6.49. The second-order valence-electron chi connectivity index (χ2n) is 6.52. The number of rotatable bonds is 4. The van der Waals surface area contributed by atoms with E-state index in [4.69, 9.17) is 5.73 Å². The predicted octanol–water partition coefficient (Wildman–Crippen LogP) is 3.08. The lowest BCUT2D eigenvalue weighted by molar-refractivity contribution is 0.173. The van der Waals surface area contributed by atoms with E-state index in [2.05, 4.69) is 27.7 Å². The van der Waals surface area contributed by atoms with Crippen molar-refractivity contribution in [1.82, 2.24) is 0 Å². The van der Waals surface area contributed by atoms with Gasteiger partial charge < -0.3 is 5.73 Å². The van der Waals surface area contributed by atoms with E-state index in [1.54, 1.807) is 0 Å². The van der Waals surface area contributed by atoms with Gasteiger partial charge in [0.2, 0.25) is 0 Å². The number of unbranched alkanes of at least 4 members (excludes halogenated alkanes) is 1. The smallest absolute Gasteiger partial charge is 0.0501 e. The topological polar surface area (TPSA) is 43.1 Å². The van der Waals surface area contributed by atoms with E-state index in [0.717, 1.165) is 31.4 Å². The van der Waals surface area contributed by atoms with E-state index < -0.39 is 10.8 Å². The first kappa shape index (κ1) is 15.2. The van der Waals surface area contributed by atoms with Crippen LogP contribution in [0.5, 0.6) is 0 Å². The molecule has 2 nitrogen and oxygen atoms in total. The Morgan fingerprint density at radius 2 is 1.94 bits per heavy atom. The van der Waals surface area contributed by atoms with Crippen molar-refractivity contribution in [3.05, 3.63) is 0 Å². The summed E-state index contributed by atoms with van der Waals surface area (Å²) in [5.74, 6) is 1.52. The van der Waals surface area contributed by atoms with Crippen molar-refractivity contribution in [1.29, 1.82) is 0 Å². The summed E-state index contributed by atoms with van der Waals surface area (Å²) in [7, 11) is -0.717. The van der Waals surface area contributed by atoms with E-state index in [0.29, 0.717) is 11.3 Å². The molecule has 102 valence electrons. The van der Waals surface area contributed by atoms with Gasteiger partial charge in [-0.05, 0) is 37.0 Å². The fourth-order valence-electron chi connectivity index (χ4n) is 2.68. The van der Waals surface area contributed by atoms with Gasteiger partial charge in [-0.15, -0.1) is 0 Å². The molecule has 0 saturated heterocycles. The van der Waals surface area contributed by atoms with Crippen LogP contribution in [0.3, 0.4) is 0 Å². The van der Waals surface area contributed by atoms with Gasteiger partial charge in [0, 0.05) is 22.6 Å². The highest BCUT2D eigenvalue weighted by Gasteiger charge is 2.36. The van der Waals surface area contributed by atoms with Crippen molar-refractivity contribution in [2.45, 2.75) is 71.1 Å². The van der Waals surface area contributed by atoms with Crippen LogP contribution >= 0.6 is 0 Å². The molecule has 17 heavy (non-hydrogen) atoms. The second-order valence-corrected chi connectivity index (χ2v) is 8.29. The summed E-state index contributed by atoms with van der Waals surface area (Å²) in [6.07, 6.45) is 5.49. The van der Waals surface area contributed by atoms with Gasteiger partial charge in [-0.3, -0.25) is 4.21 Å². The molecule has 3 heteroatoms. The minimum atomic E-state index is -0.717. The van der Waals surface area contributed by atoms with Crippen molar-refractivity contribution in [3.8, 4) is 0 Å². The van der Waals surface area contributed by atoms with Crippen molar-refractivity contribution in [3.63, 3.8) is 0 Å². The van der Waals surface area contributed by atoms with Crippen LogP contribution in [0, 0.1) is 11.3 Å². The standard InChI is InChI=1S/C14H29NOS/c1-5-6-9-17(16)13-10-11(14(2,3)4)7-8-12(13)15/h11-13H,5-10,15H2,1-4H3. The number of hydrogen-bond donors (Lipinski definition) is 1. The van der Waals surface area contributed by atoms with Crippen LogP contribution in [0.1, 0.15) is 59.8 Å². The first-order chi connectivity index (χ1) is 7.86. The lowest BCUT2D eigenvalue weighted by Crippen LogP contribution is -2.45. The largest absolute Gasteiger partial charge is 0.327 e. The first-order valence-electron chi connectivity index (χ1n) is 6.99. The Bertz CT molecular complexity index is 259. The molecule has 0 radical (unpaired) electrons. The molecule has 0 aromatic heterocycles. The van der Waals surface area contributed by atoms with Crippen molar-refractivity contribution in [2.75, 3.05) is 5.75 Å². The molecule has 0 aromatic carbocycles. The minimum absolute atomic E-state index is 0.159. The fourth-order valence-corrected chi connectivity index (χ4v) is 4.53. The van der Waals surface area contributed by atoms with Crippen molar-refractivity contribution < 1.29 is 4.21 Å². The van der Waals surface area contributed by atoms with Crippen LogP contribution in [0.15, 0.2) is 0 Å². The monoisotopic (exact) mass is 259 g/mol. The molecule has 0 aliphatic heterocycles. The third kappa shape index (κ3) is 4.36. The molecule has 0 heterocycles. The third-order valence-corrected chi connectivity index (χ3v) is 6.01. The van der Waals surface area contributed by atoms with E-state index in [1.165, 1.54) is 6.42 Å². The molecule has 4 atom stereocenters. The number of nitrogens with two attached hydrogens (primary N) is 1. The molecule has 2 N–H and O–H groups in total. The first-order valence-corrected chi connectivity index (χ1v) is 8.37. The molecule has 1 saturated carbocycles. The van der Waals surface area contributed by atoms with E-state index in [9.17, 15) is 4.21 Å². The Kier molecular flexibility index (Phi) is 5.65. The second kappa shape index (κ2) is 6.33. The lowest BCUT2D eigenvalue weighted by atomic mass is 9.71. The molecule has 4 unspecified atom stereocenters. The van der Waals surface area contributed by atoms with Crippen molar-refractivity contribution >= 4 is 10.8 Å². The average Bonchev–Trinajstić information content (AvgIpc) is 2.24. The lowest BCUT2D eigenvalue weighted by Gasteiger charge is -2.40. The molecule has 1 aliphatic carbocycles. The van der Waals surface area contributed by atoms with Gasteiger partial charge in [-0.1, -0.05) is 34.1 Å². The van der Waals surface area contributed by atoms with Gasteiger partial charge in [0.1, 0.15) is 0 Å². The summed E-state index contributed by atoms with van der Waals surface area (Å²) in [4.78, 5) is 0. The average molecular weight is 259 g/mol. The highest BCUT2D eigenvalue weighted by molar-refractivity contribution is 7.85. The van der Waals surface area contributed by atoms with Gasteiger partial charge in [0.15, 0.2) is 0 Å². The molecule has 0 spiro atoms. The van der Waals surface area contributed by atoms with Gasteiger partial charge in [-0.2, -0.15) is 0 Å². The van der Waals surface area contributed by atoms with Crippen LogP contribution in [0.2, 0.25) is 0 Å². The minimum Gasteiger partial charge on any atom is -0.327 e. The Morgan fingerprint density at radius 3 is 2.47 bits per heavy atom. The molecule has 0 aromatic rings. The maximum absolute atomic E-state index is 12.3. The van der Waals surface area contributed by atoms with Gasteiger partial charge in [0.25, 0.3) is 0 Å². The van der Waals surface area contributed by atoms with E-state index in [1.807, 2.05) is 0 Å². The van der Waals surface area contributed by atoms with Gasteiger partial charge in [0.05, 0.1) is 5.25 Å². The normalized spacial score (nSPS) is 32.4. The molecule has 0 amide bonds. The molecular formula is C14H29NOS. The zero-order valence-electron chi connectivity index (χ0n) is 11.9. The molecular weight excluding hydrogens is 230 g/mol. The van der Waals surface area contributed by atoms with Crippen molar-refractivity contribution in [2.24, 2.45) is 17.1 Å². The number of hydrogen-bond acceptors (Lipinski definition) is 2. The Morgan fingerprint density at radius 1 is 1.29 bits per heavy atom. The summed E-state index contributed by atoms with van der Waals surface area (Å²) in [5, 5.41) is 0.236. The molecule has 0 bridgehead atoms. The molecule has 1 aliphatic rings. The van der Waals surface area contributed by atoms with Gasteiger partial charge >= 0.3 is 0 Å². The zero-order chi connectivity index (χ0) is 13.1. The predicted molar refractivity (Wildman–Crippen MR) is 76.5 cm³/mol. The highest BCUT2D eigenvalue weighted by atomic mass is 32.2. The summed E-state index contributed by atoms with van der Waals surface area (Å²) >= 11 is 0. The Balaban J connectivity index is 2.60. The third-order valence-electron chi connectivity index (χ3n) is 4.10. The summed E-state index contributed by atoms with van der Waals surface area (Å²) in [6, 6.07) is 0.159. The fraction of sp³-hybridized carbons (Fsp3) is 1.00. The highest BCUT2D eigenvalue weighted by Crippen LogP contribution is 2.39.